The maximum Gasteiger partial charge on any atom is 0.422 e. The molecule has 0 bridgehead atoms. The van der Waals surface area contributed by atoms with Gasteiger partial charge in [-0.3, -0.25) is 4.79 Å². The molecular weight excluding hydrogens is 385 g/mol. The van der Waals surface area contributed by atoms with Crippen LogP contribution in [0.5, 0.6) is 5.75 Å². The van der Waals surface area contributed by atoms with Gasteiger partial charge in [-0.1, -0.05) is 28.9 Å². The summed E-state index contributed by atoms with van der Waals surface area (Å²) in [6.45, 7) is -1.38. The van der Waals surface area contributed by atoms with Gasteiger partial charge in [-0.2, -0.15) is 13.2 Å². The summed E-state index contributed by atoms with van der Waals surface area (Å²) in [6.07, 6.45) is -4.42. The predicted octanol–water partition coefficient (Wildman–Crippen LogP) is 5.19. The fourth-order valence-corrected chi connectivity index (χ4v) is 2.35. The smallest absolute Gasteiger partial charge is 0.422 e. The van der Waals surface area contributed by atoms with Crippen LogP contribution in [0.3, 0.4) is 0 Å². The summed E-state index contributed by atoms with van der Waals surface area (Å²) in [5, 5.41) is 6.80. The first-order valence-corrected chi connectivity index (χ1v) is 8.01. The molecule has 0 fully saturated rings. The molecule has 0 radical (unpaired) electrons. The zero-order valence-electron chi connectivity index (χ0n) is 13.6. The highest BCUT2D eigenvalue weighted by Crippen LogP contribution is 2.24. The molecule has 3 rings (SSSR count). The first-order chi connectivity index (χ1) is 12.8. The molecule has 0 spiro atoms. The van der Waals surface area contributed by atoms with Crippen molar-refractivity contribution < 1.29 is 27.2 Å². The van der Waals surface area contributed by atoms with Crippen LogP contribution in [0.2, 0.25) is 5.02 Å². The summed E-state index contributed by atoms with van der Waals surface area (Å²) in [5.41, 5.74) is 1.08. The Morgan fingerprint density at radius 2 is 1.89 bits per heavy atom. The Bertz CT molecular complexity index is 940. The van der Waals surface area contributed by atoms with E-state index in [0.717, 1.165) is 0 Å². The van der Waals surface area contributed by atoms with E-state index in [1.54, 1.807) is 24.3 Å². The van der Waals surface area contributed by atoms with Crippen LogP contribution in [-0.4, -0.2) is 23.8 Å². The Hall–Kier alpha value is -3.00. The number of alkyl halides is 3. The number of carbonyl (C=O) groups excluding carboxylic acids is 1. The van der Waals surface area contributed by atoms with Gasteiger partial charge < -0.3 is 14.6 Å². The summed E-state index contributed by atoms with van der Waals surface area (Å²) in [6, 6.07) is 13.8. The number of amides is 1. The second-order valence-electron chi connectivity index (χ2n) is 5.47. The summed E-state index contributed by atoms with van der Waals surface area (Å²) in [4.78, 5) is 12.2. The molecule has 0 aliphatic heterocycles. The van der Waals surface area contributed by atoms with Gasteiger partial charge in [0.15, 0.2) is 18.1 Å². The van der Waals surface area contributed by atoms with Crippen molar-refractivity contribution in [2.24, 2.45) is 0 Å². The van der Waals surface area contributed by atoms with Crippen LogP contribution in [0.25, 0.3) is 11.3 Å². The Balaban J connectivity index is 1.64. The second-order valence-corrected chi connectivity index (χ2v) is 5.91. The van der Waals surface area contributed by atoms with E-state index >= 15 is 0 Å². The molecule has 2 aromatic carbocycles. The van der Waals surface area contributed by atoms with Crippen molar-refractivity contribution in [2.75, 3.05) is 11.9 Å². The highest BCUT2D eigenvalue weighted by molar-refractivity contribution is 6.30. The van der Waals surface area contributed by atoms with Crippen molar-refractivity contribution in [1.29, 1.82) is 0 Å². The summed E-state index contributed by atoms with van der Waals surface area (Å²) in [7, 11) is 0. The number of ether oxygens (including phenoxy) is 1. The fraction of sp³-hybridized carbons (Fsp3) is 0.111. The molecule has 1 N–H and O–H groups in total. The molecule has 9 heteroatoms. The van der Waals surface area contributed by atoms with Crippen molar-refractivity contribution in [1.82, 2.24) is 5.16 Å². The van der Waals surface area contributed by atoms with E-state index in [-0.39, 0.29) is 11.4 Å². The molecule has 0 aliphatic rings. The molecule has 0 aliphatic carbocycles. The summed E-state index contributed by atoms with van der Waals surface area (Å²) in [5.74, 6) is -0.121. The standard InChI is InChI=1S/C18H12ClF3N2O3/c19-12-3-1-2-11(8-12)16-9-15(24-27-16)17(25)23-13-4-6-14(7-5-13)26-10-18(20,21)22/h1-9H,10H2,(H,23,25). The highest BCUT2D eigenvalue weighted by atomic mass is 35.5. The van der Waals surface area contributed by atoms with E-state index in [1.165, 1.54) is 30.3 Å². The minimum Gasteiger partial charge on any atom is -0.484 e. The van der Waals surface area contributed by atoms with Gasteiger partial charge in [0.25, 0.3) is 5.91 Å². The number of rotatable bonds is 5. The quantitative estimate of drug-likeness (QED) is 0.644. The molecule has 0 saturated carbocycles. The average Bonchev–Trinajstić information content (AvgIpc) is 3.11. The van der Waals surface area contributed by atoms with Crippen molar-refractivity contribution in [2.45, 2.75) is 6.18 Å². The Labute approximate surface area is 156 Å². The van der Waals surface area contributed by atoms with E-state index < -0.39 is 18.7 Å². The van der Waals surface area contributed by atoms with Gasteiger partial charge in [-0.15, -0.1) is 0 Å². The minimum absolute atomic E-state index is 0.0370. The number of anilines is 1. The number of aromatic nitrogens is 1. The molecule has 5 nitrogen and oxygen atoms in total. The molecule has 27 heavy (non-hydrogen) atoms. The number of hydrogen-bond acceptors (Lipinski definition) is 4. The number of halogens is 4. The largest absolute Gasteiger partial charge is 0.484 e. The van der Waals surface area contributed by atoms with Crippen LogP contribution in [0, 0.1) is 0 Å². The van der Waals surface area contributed by atoms with Crippen LogP contribution in [0.15, 0.2) is 59.1 Å². The maximum absolute atomic E-state index is 12.2. The molecule has 3 aromatic rings. The average molecular weight is 397 g/mol. The molecule has 1 heterocycles. The number of benzene rings is 2. The lowest BCUT2D eigenvalue weighted by Gasteiger charge is -2.09. The Morgan fingerprint density at radius 3 is 2.56 bits per heavy atom. The van der Waals surface area contributed by atoms with Crippen LogP contribution in [-0.2, 0) is 0 Å². The molecule has 140 valence electrons. The molecule has 1 amide bonds. The molecule has 1 aromatic heterocycles. The van der Waals surface area contributed by atoms with Gasteiger partial charge in [0.2, 0.25) is 0 Å². The van der Waals surface area contributed by atoms with Crippen molar-refractivity contribution >= 4 is 23.2 Å². The normalized spacial score (nSPS) is 11.3. The summed E-state index contributed by atoms with van der Waals surface area (Å²) >= 11 is 5.92. The van der Waals surface area contributed by atoms with Gasteiger partial charge in [0.05, 0.1) is 0 Å². The first kappa shape index (κ1) is 18.8. The minimum atomic E-state index is -4.42. The van der Waals surface area contributed by atoms with E-state index in [4.69, 9.17) is 16.1 Å². The van der Waals surface area contributed by atoms with Crippen molar-refractivity contribution in [3.05, 3.63) is 65.3 Å². The maximum atomic E-state index is 12.2. The second kappa shape index (κ2) is 7.71. The predicted molar refractivity (Wildman–Crippen MR) is 92.9 cm³/mol. The van der Waals surface area contributed by atoms with E-state index in [9.17, 15) is 18.0 Å². The van der Waals surface area contributed by atoms with Gasteiger partial charge in [-0.05, 0) is 36.4 Å². The number of hydrogen-bond donors (Lipinski definition) is 1. The summed E-state index contributed by atoms with van der Waals surface area (Å²) < 4.78 is 46.1. The third-order valence-corrected chi connectivity index (χ3v) is 3.60. The van der Waals surface area contributed by atoms with E-state index in [0.29, 0.717) is 22.0 Å². The third-order valence-electron chi connectivity index (χ3n) is 3.37. The number of nitrogens with zero attached hydrogens (tertiary/aromatic N) is 1. The van der Waals surface area contributed by atoms with Crippen LogP contribution in [0.1, 0.15) is 10.5 Å². The Kier molecular flexibility index (Phi) is 5.36. The van der Waals surface area contributed by atoms with Gasteiger partial charge in [0, 0.05) is 22.3 Å². The van der Waals surface area contributed by atoms with Crippen LogP contribution >= 0.6 is 11.6 Å². The van der Waals surface area contributed by atoms with Gasteiger partial charge in [-0.25, -0.2) is 0 Å². The van der Waals surface area contributed by atoms with Crippen molar-refractivity contribution in [3.8, 4) is 17.1 Å². The molecule has 0 saturated heterocycles. The lowest BCUT2D eigenvalue weighted by atomic mass is 10.1. The zero-order valence-corrected chi connectivity index (χ0v) is 14.3. The number of carbonyl (C=O) groups is 1. The van der Waals surface area contributed by atoms with E-state index in [1.807, 2.05) is 0 Å². The molecule has 0 atom stereocenters. The fourth-order valence-electron chi connectivity index (χ4n) is 2.15. The van der Waals surface area contributed by atoms with Gasteiger partial charge in [0.1, 0.15) is 5.75 Å². The molecular formula is C18H12ClF3N2O3. The molecule has 0 unspecified atom stereocenters. The monoisotopic (exact) mass is 396 g/mol. The number of nitrogens with one attached hydrogen (secondary N) is 1. The first-order valence-electron chi connectivity index (χ1n) is 7.64. The zero-order chi connectivity index (χ0) is 19.4. The SMILES string of the molecule is O=C(Nc1ccc(OCC(F)(F)F)cc1)c1cc(-c2cccc(Cl)c2)on1. The topological polar surface area (TPSA) is 64.4 Å². The van der Waals surface area contributed by atoms with Gasteiger partial charge >= 0.3 is 6.18 Å². The lowest BCUT2D eigenvalue weighted by Crippen LogP contribution is -2.19. The third kappa shape index (κ3) is 5.24. The highest BCUT2D eigenvalue weighted by Gasteiger charge is 2.28. The van der Waals surface area contributed by atoms with Crippen LogP contribution < -0.4 is 10.1 Å². The van der Waals surface area contributed by atoms with Crippen molar-refractivity contribution in [3.63, 3.8) is 0 Å². The van der Waals surface area contributed by atoms with E-state index in [2.05, 4.69) is 15.2 Å². The lowest BCUT2D eigenvalue weighted by molar-refractivity contribution is -0.153. The Morgan fingerprint density at radius 1 is 1.15 bits per heavy atom. The van der Waals surface area contributed by atoms with Crippen LogP contribution in [0.4, 0.5) is 18.9 Å².